The number of piperidine rings is 2. The number of hydrogen-bond donors (Lipinski definition) is 0. The molecule has 2 aromatic heterocycles. The smallest absolute Gasteiger partial charge is 0.255 e. The molecule has 0 saturated carbocycles. The summed E-state index contributed by atoms with van der Waals surface area (Å²) < 4.78 is 15.2. The van der Waals surface area contributed by atoms with Crippen LogP contribution in [0.4, 0.5) is 10.3 Å². The lowest BCUT2D eigenvalue weighted by atomic mass is 9.83. The molecule has 3 aliphatic heterocycles. The summed E-state index contributed by atoms with van der Waals surface area (Å²) in [5, 5.41) is 0. The van der Waals surface area contributed by atoms with Gasteiger partial charge in [-0.2, -0.15) is 0 Å². The first-order valence-electron chi connectivity index (χ1n) is 10.3. The van der Waals surface area contributed by atoms with E-state index in [1.807, 2.05) is 10.6 Å². The molecule has 6 nitrogen and oxygen atoms in total. The standard InChI is InChI=1S/C21H26FN5O/c22-18-9-23-21(24-10-18)26-11-15-8-17(14-26)19-5-4-16(20(28)27(19)12-15)13-25-6-2-1-3-7-25/h4-5,9-10,15,17H,1-3,6-8,11-14H2/t15-,17+/m0/s1. The van der Waals surface area contributed by atoms with Crippen molar-refractivity contribution in [2.45, 2.75) is 44.7 Å². The zero-order valence-electron chi connectivity index (χ0n) is 16.1. The van der Waals surface area contributed by atoms with Crippen molar-refractivity contribution in [3.8, 4) is 0 Å². The number of aromatic nitrogens is 3. The van der Waals surface area contributed by atoms with Crippen molar-refractivity contribution in [1.82, 2.24) is 19.4 Å². The quantitative estimate of drug-likeness (QED) is 0.815. The maximum atomic E-state index is 13.2. The first kappa shape index (κ1) is 17.8. The number of anilines is 1. The Morgan fingerprint density at radius 1 is 1.04 bits per heavy atom. The maximum Gasteiger partial charge on any atom is 0.255 e. The molecule has 0 aromatic carbocycles. The fourth-order valence-corrected chi connectivity index (χ4v) is 5.10. The number of hydrogen-bond acceptors (Lipinski definition) is 5. The second-order valence-corrected chi connectivity index (χ2v) is 8.44. The third kappa shape index (κ3) is 3.32. The lowest BCUT2D eigenvalue weighted by Crippen LogP contribution is -2.48. The average Bonchev–Trinajstić information content (AvgIpc) is 2.72. The van der Waals surface area contributed by atoms with Crippen LogP contribution in [0.2, 0.25) is 0 Å². The van der Waals surface area contributed by atoms with Gasteiger partial charge in [0.2, 0.25) is 5.95 Å². The molecule has 2 fully saturated rings. The van der Waals surface area contributed by atoms with Crippen LogP contribution in [0.15, 0.2) is 29.3 Å². The predicted molar refractivity (Wildman–Crippen MR) is 105 cm³/mol. The van der Waals surface area contributed by atoms with Gasteiger partial charge in [-0.1, -0.05) is 12.5 Å². The van der Waals surface area contributed by atoms with Gasteiger partial charge in [-0.15, -0.1) is 0 Å². The van der Waals surface area contributed by atoms with Crippen molar-refractivity contribution in [1.29, 1.82) is 0 Å². The topological polar surface area (TPSA) is 54.3 Å². The number of likely N-dealkylation sites (tertiary alicyclic amines) is 1. The van der Waals surface area contributed by atoms with Crippen LogP contribution in [-0.4, -0.2) is 45.6 Å². The summed E-state index contributed by atoms with van der Waals surface area (Å²) in [6.45, 7) is 5.29. The van der Waals surface area contributed by atoms with E-state index in [9.17, 15) is 9.18 Å². The van der Waals surface area contributed by atoms with E-state index < -0.39 is 5.82 Å². The Hall–Kier alpha value is -2.28. The minimum absolute atomic E-state index is 0.184. The Morgan fingerprint density at radius 2 is 1.82 bits per heavy atom. The van der Waals surface area contributed by atoms with Gasteiger partial charge >= 0.3 is 0 Å². The van der Waals surface area contributed by atoms with Gasteiger partial charge in [0.1, 0.15) is 0 Å². The van der Waals surface area contributed by atoms with E-state index in [4.69, 9.17) is 0 Å². The average molecular weight is 383 g/mol. The highest BCUT2D eigenvalue weighted by molar-refractivity contribution is 5.34. The van der Waals surface area contributed by atoms with Crippen LogP contribution in [-0.2, 0) is 13.1 Å². The summed E-state index contributed by atoms with van der Waals surface area (Å²) in [5.74, 6) is 0.841. The van der Waals surface area contributed by atoms with Crippen LogP contribution in [0.5, 0.6) is 0 Å². The van der Waals surface area contributed by atoms with Gasteiger partial charge in [-0.25, -0.2) is 14.4 Å². The third-order valence-electron chi connectivity index (χ3n) is 6.42. The molecule has 5 heterocycles. The molecule has 0 aliphatic carbocycles. The molecule has 2 saturated heterocycles. The van der Waals surface area contributed by atoms with Gasteiger partial charge in [0.15, 0.2) is 5.82 Å². The zero-order valence-corrected chi connectivity index (χ0v) is 16.1. The molecule has 0 N–H and O–H groups in total. The lowest BCUT2D eigenvalue weighted by molar-refractivity contribution is 0.218. The van der Waals surface area contributed by atoms with Crippen LogP contribution in [0.3, 0.4) is 0 Å². The molecule has 0 amide bonds. The number of nitrogens with zero attached hydrogens (tertiary/aromatic N) is 5. The fraction of sp³-hybridized carbons (Fsp3) is 0.571. The van der Waals surface area contributed by atoms with Crippen LogP contribution in [0.25, 0.3) is 0 Å². The maximum absolute atomic E-state index is 13.2. The van der Waals surface area contributed by atoms with Gasteiger partial charge in [-0.05, 0) is 44.3 Å². The normalized spacial score (nSPS) is 24.8. The van der Waals surface area contributed by atoms with E-state index in [0.29, 0.717) is 11.9 Å². The predicted octanol–water partition coefficient (Wildman–Crippen LogP) is 2.39. The second-order valence-electron chi connectivity index (χ2n) is 8.44. The third-order valence-corrected chi connectivity index (χ3v) is 6.42. The molecule has 7 heteroatoms. The SMILES string of the molecule is O=c1c(CN2CCCCC2)ccc2n1C[C@H]1C[C@@H]2CN(c2ncc(F)cn2)C1. The second kappa shape index (κ2) is 7.28. The number of halogens is 1. The van der Waals surface area contributed by atoms with E-state index in [1.54, 1.807) is 0 Å². The van der Waals surface area contributed by atoms with Crippen LogP contribution in [0, 0.1) is 11.7 Å². The Bertz CT molecular complexity index is 906. The molecule has 148 valence electrons. The Balaban J connectivity index is 1.39. The summed E-state index contributed by atoms with van der Waals surface area (Å²) in [6, 6.07) is 4.19. The molecule has 0 radical (unpaired) electrons. The first-order chi connectivity index (χ1) is 13.7. The van der Waals surface area contributed by atoms with Crippen LogP contribution in [0.1, 0.15) is 42.9 Å². The number of pyridine rings is 1. The van der Waals surface area contributed by atoms with Gasteiger partial charge < -0.3 is 9.47 Å². The van der Waals surface area contributed by atoms with Crippen molar-refractivity contribution in [3.63, 3.8) is 0 Å². The molecule has 5 rings (SSSR count). The van der Waals surface area contributed by atoms with E-state index in [0.717, 1.165) is 56.9 Å². The van der Waals surface area contributed by atoms with E-state index in [-0.39, 0.29) is 11.5 Å². The molecule has 2 aromatic rings. The Kier molecular flexibility index (Phi) is 4.62. The zero-order chi connectivity index (χ0) is 19.1. The minimum Gasteiger partial charge on any atom is -0.340 e. The van der Waals surface area contributed by atoms with Crippen molar-refractivity contribution in [3.05, 3.63) is 52.0 Å². The van der Waals surface area contributed by atoms with Gasteiger partial charge in [-0.3, -0.25) is 9.69 Å². The number of rotatable bonds is 3. The van der Waals surface area contributed by atoms with Crippen molar-refractivity contribution in [2.24, 2.45) is 5.92 Å². The van der Waals surface area contributed by atoms with Crippen LogP contribution >= 0.6 is 0 Å². The molecular formula is C21H26FN5O. The van der Waals surface area contributed by atoms with Crippen molar-refractivity contribution < 1.29 is 4.39 Å². The Morgan fingerprint density at radius 3 is 2.61 bits per heavy atom. The van der Waals surface area contributed by atoms with E-state index in [2.05, 4.69) is 25.8 Å². The molecule has 0 unspecified atom stereocenters. The first-order valence-corrected chi connectivity index (χ1v) is 10.3. The number of fused-ring (bicyclic) bond motifs is 4. The monoisotopic (exact) mass is 383 g/mol. The molecule has 28 heavy (non-hydrogen) atoms. The summed E-state index contributed by atoms with van der Waals surface area (Å²) >= 11 is 0. The molecule has 2 bridgehead atoms. The Labute approximate surface area is 164 Å². The summed E-state index contributed by atoms with van der Waals surface area (Å²) in [6.07, 6.45) is 7.30. The minimum atomic E-state index is -0.418. The highest BCUT2D eigenvalue weighted by Gasteiger charge is 2.36. The van der Waals surface area contributed by atoms with Crippen molar-refractivity contribution >= 4 is 5.95 Å². The van der Waals surface area contributed by atoms with Gasteiger partial charge in [0.25, 0.3) is 5.56 Å². The highest BCUT2D eigenvalue weighted by atomic mass is 19.1. The summed E-state index contributed by atoms with van der Waals surface area (Å²) in [7, 11) is 0. The summed E-state index contributed by atoms with van der Waals surface area (Å²) in [4.78, 5) is 26.0. The molecule has 0 spiro atoms. The largest absolute Gasteiger partial charge is 0.340 e. The van der Waals surface area contributed by atoms with Gasteiger partial charge in [0, 0.05) is 43.4 Å². The molecule has 2 atom stereocenters. The van der Waals surface area contributed by atoms with Gasteiger partial charge in [0.05, 0.1) is 12.4 Å². The van der Waals surface area contributed by atoms with Crippen LogP contribution < -0.4 is 10.5 Å². The highest BCUT2D eigenvalue weighted by Crippen LogP contribution is 2.36. The van der Waals surface area contributed by atoms with E-state index in [1.165, 1.54) is 31.7 Å². The summed E-state index contributed by atoms with van der Waals surface area (Å²) in [5.41, 5.74) is 2.23. The molecule has 3 aliphatic rings. The van der Waals surface area contributed by atoms with E-state index >= 15 is 0 Å². The molecular weight excluding hydrogens is 357 g/mol. The fourth-order valence-electron chi connectivity index (χ4n) is 5.10. The van der Waals surface area contributed by atoms with Crippen molar-refractivity contribution in [2.75, 3.05) is 31.1 Å². The lowest BCUT2D eigenvalue weighted by Gasteiger charge is -2.43.